The average Bonchev–Trinajstić information content (AvgIpc) is 2.27. The van der Waals surface area contributed by atoms with E-state index in [-0.39, 0.29) is 6.09 Å². The highest BCUT2D eigenvalue weighted by atomic mass is 28.3. The molecule has 1 amide bonds. The maximum atomic E-state index is 11.0. The number of amides is 1. The summed E-state index contributed by atoms with van der Waals surface area (Å²) in [6.45, 7) is 4.53. The van der Waals surface area contributed by atoms with Gasteiger partial charge in [0.05, 0.1) is 14.3 Å². The van der Waals surface area contributed by atoms with E-state index < -0.39 is 8.07 Å². The average molecular weight is 239 g/mol. The number of allylic oxidation sites excluding steroid dienone is 4. The van der Waals surface area contributed by atoms with Crippen molar-refractivity contribution in [3.63, 3.8) is 0 Å². The lowest BCUT2D eigenvalue weighted by Gasteiger charge is -2.26. The van der Waals surface area contributed by atoms with Crippen LogP contribution in [0.25, 0.3) is 0 Å². The topological polar surface area (TPSA) is 38.3 Å². The molecule has 0 heterocycles. The second kappa shape index (κ2) is 5.89. The number of alkyl carbamates (subject to hydrolysis) is 1. The molecule has 0 aliphatic heterocycles. The van der Waals surface area contributed by atoms with Crippen LogP contribution < -0.4 is 5.32 Å². The number of carbonyl (C=O) groups excluding carboxylic acids is 1. The summed E-state index contributed by atoms with van der Waals surface area (Å²) in [7, 11) is 0.151. The minimum absolute atomic E-state index is 0.320. The van der Waals surface area contributed by atoms with E-state index in [1.807, 2.05) is 0 Å². The number of carbonyl (C=O) groups is 1. The lowest BCUT2D eigenvalue weighted by Crippen LogP contribution is -2.37. The third-order valence-corrected chi connectivity index (χ3v) is 5.24. The smallest absolute Gasteiger partial charge is 0.406 e. The van der Waals surface area contributed by atoms with Crippen LogP contribution in [-0.2, 0) is 4.74 Å². The van der Waals surface area contributed by atoms with Gasteiger partial charge in [0.15, 0.2) is 0 Å². The lowest BCUT2D eigenvalue weighted by molar-refractivity contribution is 0.164. The lowest BCUT2D eigenvalue weighted by atomic mass is 10.0. The monoisotopic (exact) mass is 239 g/mol. The molecule has 0 radical (unpaired) electrons. The van der Waals surface area contributed by atoms with Gasteiger partial charge in [-0.25, -0.2) is 4.79 Å². The second-order valence-corrected chi connectivity index (χ2v) is 10.0. The summed E-state index contributed by atoms with van der Waals surface area (Å²) in [5, 5.41) is 2.48. The Morgan fingerprint density at radius 3 is 2.81 bits per heavy atom. The quantitative estimate of drug-likeness (QED) is 0.766. The van der Waals surface area contributed by atoms with E-state index >= 15 is 0 Å². The van der Waals surface area contributed by atoms with Crippen LogP contribution in [0.3, 0.4) is 0 Å². The standard InChI is InChI=1S/C12H21NO2Si/c1-13-12(14)15-10-16(2,3)9-11-7-5-4-6-8-11/h4-7,11H,8-10H2,1-3H3,(H,13,14). The molecule has 0 aromatic heterocycles. The summed E-state index contributed by atoms with van der Waals surface area (Å²) in [4.78, 5) is 11.0. The van der Waals surface area contributed by atoms with Crippen LogP contribution in [-0.4, -0.2) is 27.4 Å². The normalized spacial score (nSPS) is 19.6. The minimum Gasteiger partial charge on any atom is -0.453 e. The molecule has 0 spiro atoms. The van der Waals surface area contributed by atoms with Crippen molar-refractivity contribution in [2.45, 2.75) is 25.6 Å². The van der Waals surface area contributed by atoms with Crippen molar-refractivity contribution in [2.75, 3.05) is 13.3 Å². The first-order valence-electron chi connectivity index (χ1n) is 5.71. The Morgan fingerprint density at radius 1 is 1.50 bits per heavy atom. The fourth-order valence-electron chi connectivity index (χ4n) is 1.88. The van der Waals surface area contributed by atoms with Gasteiger partial charge in [0, 0.05) is 7.05 Å². The van der Waals surface area contributed by atoms with Crippen molar-refractivity contribution in [2.24, 2.45) is 5.92 Å². The molecule has 1 rings (SSSR count). The molecular weight excluding hydrogens is 218 g/mol. The fourth-order valence-corrected chi connectivity index (χ4v) is 4.25. The van der Waals surface area contributed by atoms with Crippen LogP contribution >= 0.6 is 0 Å². The molecule has 4 heteroatoms. The van der Waals surface area contributed by atoms with Crippen molar-refractivity contribution in [1.82, 2.24) is 5.32 Å². The SMILES string of the molecule is CNC(=O)OC[Si](C)(C)CC1C=CC=CC1. The molecule has 0 aromatic carbocycles. The van der Waals surface area contributed by atoms with Crippen molar-refractivity contribution in [3.05, 3.63) is 24.3 Å². The minimum atomic E-state index is -1.44. The molecule has 1 unspecified atom stereocenters. The Morgan fingerprint density at radius 2 is 2.25 bits per heavy atom. The van der Waals surface area contributed by atoms with Crippen LogP contribution in [0.2, 0.25) is 19.1 Å². The first-order valence-corrected chi connectivity index (χ1v) is 9.13. The van der Waals surface area contributed by atoms with E-state index in [0.29, 0.717) is 12.1 Å². The van der Waals surface area contributed by atoms with Crippen LogP contribution in [0.5, 0.6) is 0 Å². The molecule has 0 aromatic rings. The van der Waals surface area contributed by atoms with Crippen molar-refractivity contribution < 1.29 is 9.53 Å². The molecule has 1 N–H and O–H groups in total. The van der Waals surface area contributed by atoms with E-state index in [1.54, 1.807) is 7.05 Å². The predicted octanol–water partition coefficient (Wildman–Crippen LogP) is 2.72. The van der Waals surface area contributed by atoms with Crippen molar-refractivity contribution in [1.29, 1.82) is 0 Å². The molecule has 0 saturated carbocycles. The molecule has 1 atom stereocenters. The van der Waals surface area contributed by atoms with Gasteiger partial charge in [-0.1, -0.05) is 37.4 Å². The first kappa shape index (κ1) is 13.0. The molecule has 3 nitrogen and oxygen atoms in total. The third kappa shape index (κ3) is 4.66. The molecule has 0 fully saturated rings. The predicted molar refractivity (Wildman–Crippen MR) is 69.1 cm³/mol. The molecular formula is C12H21NO2Si. The van der Waals surface area contributed by atoms with Gasteiger partial charge >= 0.3 is 6.09 Å². The Balaban J connectivity index is 2.35. The van der Waals surface area contributed by atoms with Gasteiger partial charge in [-0.15, -0.1) is 0 Å². The highest BCUT2D eigenvalue weighted by Crippen LogP contribution is 2.23. The number of rotatable bonds is 4. The molecule has 16 heavy (non-hydrogen) atoms. The van der Waals surface area contributed by atoms with E-state index in [2.05, 4.69) is 42.7 Å². The van der Waals surface area contributed by atoms with E-state index in [4.69, 9.17) is 4.74 Å². The summed E-state index contributed by atoms with van der Waals surface area (Å²) < 4.78 is 5.17. The summed E-state index contributed by atoms with van der Waals surface area (Å²) in [5.74, 6) is 0.625. The fraction of sp³-hybridized carbons (Fsp3) is 0.583. The van der Waals surface area contributed by atoms with Crippen LogP contribution in [0.15, 0.2) is 24.3 Å². The summed E-state index contributed by atoms with van der Waals surface area (Å²) in [5.41, 5.74) is 0. The van der Waals surface area contributed by atoms with Crippen molar-refractivity contribution in [3.8, 4) is 0 Å². The summed E-state index contributed by atoms with van der Waals surface area (Å²) in [6.07, 6.45) is 10.1. The molecule has 90 valence electrons. The first-order chi connectivity index (χ1) is 7.53. The van der Waals surface area contributed by atoms with Gasteiger partial charge in [0.1, 0.15) is 0 Å². The molecule has 0 saturated heterocycles. The van der Waals surface area contributed by atoms with Crippen molar-refractivity contribution >= 4 is 14.2 Å². The Labute approximate surface area is 98.6 Å². The zero-order valence-corrected chi connectivity index (χ0v) is 11.3. The third-order valence-electron chi connectivity index (χ3n) is 2.68. The molecule has 1 aliphatic carbocycles. The van der Waals surface area contributed by atoms with E-state index in [0.717, 1.165) is 6.42 Å². The summed E-state index contributed by atoms with van der Waals surface area (Å²) >= 11 is 0. The summed E-state index contributed by atoms with van der Waals surface area (Å²) in [6, 6.07) is 1.17. The largest absolute Gasteiger partial charge is 0.453 e. The number of nitrogens with one attached hydrogen (secondary N) is 1. The van der Waals surface area contributed by atoms with Gasteiger partial charge < -0.3 is 10.1 Å². The zero-order chi connectivity index (χ0) is 12.0. The van der Waals surface area contributed by atoms with Gasteiger partial charge in [0.2, 0.25) is 0 Å². The van der Waals surface area contributed by atoms with E-state index in [9.17, 15) is 4.79 Å². The van der Waals surface area contributed by atoms with Crippen LogP contribution in [0.4, 0.5) is 4.79 Å². The highest BCUT2D eigenvalue weighted by molar-refractivity contribution is 6.77. The Kier molecular flexibility index (Phi) is 4.80. The number of hydrogen-bond acceptors (Lipinski definition) is 2. The number of hydrogen-bond donors (Lipinski definition) is 1. The molecule has 0 bridgehead atoms. The number of ether oxygens (including phenoxy) is 1. The van der Waals surface area contributed by atoms with Gasteiger partial charge in [-0.05, 0) is 18.4 Å². The van der Waals surface area contributed by atoms with Crippen LogP contribution in [0, 0.1) is 5.92 Å². The maximum absolute atomic E-state index is 11.0. The maximum Gasteiger partial charge on any atom is 0.406 e. The van der Waals surface area contributed by atoms with Crippen LogP contribution in [0.1, 0.15) is 6.42 Å². The Bertz CT molecular complexity index is 297. The zero-order valence-electron chi connectivity index (χ0n) is 10.3. The van der Waals surface area contributed by atoms with E-state index in [1.165, 1.54) is 6.04 Å². The second-order valence-electron chi connectivity index (χ2n) is 5.00. The van der Waals surface area contributed by atoms with Gasteiger partial charge in [-0.3, -0.25) is 0 Å². The van der Waals surface area contributed by atoms with Gasteiger partial charge in [0.25, 0.3) is 0 Å². The molecule has 1 aliphatic rings. The van der Waals surface area contributed by atoms with Gasteiger partial charge in [-0.2, -0.15) is 0 Å². The highest BCUT2D eigenvalue weighted by Gasteiger charge is 2.26. The Hall–Kier alpha value is -1.03.